The lowest BCUT2D eigenvalue weighted by Crippen LogP contribution is -2.38. The first-order chi connectivity index (χ1) is 56.8. The zero-order chi connectivity index (χ0) is 92.6. The molecule has 44 heteroatoms. The van der Waals surface area contributed by atoms with E-state index < -0.39 is 81.0 Å². The van der Waals surface area contributed by atoms with Crippen LogP contribution in [-0.4, -0.2) is 207 Å². The van der Waals surface area contributed by atoms with Gasteiger partial charge in [-0.25, -0.2) is 14.0 Å². The maximum atomic E-state index is 12.6. The van der Waals surface area contributed by atoms with Crippen molar-refractivity contribution in [3.8, 4) is 48.6 Å². The van der Waals surface area contributed by atoms with Gasteiger partial charge in [-0.2, -0.15) is 59.8 Å². The van der Waals surface area contributed by atoms with Gasteiger partial charge in [-0.3, -0.25) is 62.8 Å². The van der Waals surface area contributed by atoms with E-state index in [-0.39, 0.29) is 78.8 Å². The molecule has 0 bridgehead atoms. The molecule has 2 aromatic heterocycles. The Balaban J connectivity index is -0.000000406. The highest BCUT2D eigenvalue weighted by molar-refractivity contribution is 8.01. The van der Waals surface area contributed by atoms with E-state index >= 15 is 0 Å². The number of nitrogens with two attached hydrogens (primary N) is 1. The fraction of sp³-hybridized carbons (Fsp3) is 0.355. The number of benzene rings is 3. The van der Waals surface area contributed by atoms with E-state index in [0.717, 1.165) is 46.4 Å². The van der Waals surface area contributed by atoms with E-state index in [0.29, 0.717) is 63.1 Å². The number of amides is 2. The highest BCUT2D eigenvalue weighted by atomic mass is 32.2. The number of ketones is 9. The summed E-state index contributed by atoms with van der Waals surface area (Å²) in [6, 6.07) is 32.7. The fourth-order valence-corrected chi connectivity index (χ4v) is 8.37. The van der Waals surface area contributed by atoms with Crippen LogP contribution in [0.15, 0.2) is 120 Å². The van der Waals surface area contributed by atoms with Gasteiger partial charge in [0.1, 0.15) is 84.2 Å². The number of carbonyl (C=O) groups excluding carboxylic acids is 11. The molecule has 640 valence electrons. The number of carbonyl (C=O) groups is 12. The van der Waals surface area contributed by atoms with Gasteiger partial charge in [-0.05, 0) is 102 Å². The minimum absolute atomic E-state index is 0.0324. The molecule has 120 heavy (non-hydrogen) atoms. The van der Waals surface area contributed by atoms with Crippen LogP contribution < -0.4 is 16.4 Å². The number of thiol groups is 1. The van der Waals surface area contributed by atoms with Gasteiger partial charge >= 0.3 is 5.97 Å². The molecule has 0 aliphatic carbocycles. The molecule has 7 unspecified atom stereocenters. The van der Waals surface area contributed by atoms with Crippen LogP contribution in [0.3, 0.4) is 0 Å². The van der Waals surface area contributed by atoms with Gasteiger partial charge < -0.3 is 69.6 Å². The predicted octanol–water partition coefficient (Wildman–Crippen LogP) is 6.24. The highest BCUT2D eigenvalue weighted by Gasteiger charge is 2.25. The van der Waals surface area contributed by atoms with Crippen LogP contribution >= 0.6 is 52.8 Å². The van der Waals surface area contributed by atoms with Crippen molar-refractivity contribution < 1.29 is 110 Å². The van der Waals surface area contributed by atoms with E-state index in [1.165, 1.54) is 80.6 Å². The smallest absolute Gasteiger partial charge is 0.370 e. The van der Waals surface area contributed by atoms with Crippen LogP contribution in [0.2, 0.25) is 0 Å². The van der Waals surface area contributed by atoms with Crippen LogP contribution in [0.4, 0.5) is 10.1 Å². The number of carboxylic acid groups (broad SMARTS) is 1. The highest BCUT2D eigenvalue weighted by Crippen LogP contribution is 2.20. The van der Waals surface area contributed by atoms with Crippen molar-refractivity contribution in [2.24, 2.45) is 16.6 Å². The lowest BCUT2D eigenvalue weighted by atomic mass is 10.1. The molecule has 0 radical (unpaired) electrons. The largest absolute Gasteiger partial charge is 0.523 e. The summed E-state index contributed by atoms with van der Waals surface area (Å²) >= 11 is 5.24. The van der Waals surface area contributed by atoms with Gasteiger partial charge in [0.25, 0.3) is 11.6 Å². The lowest BCUT2D eigenvalue weighted by Gasteiger charge is -2.14. The number of aliphatic hydroxyl groups is 3. The Morgan fingerprint density at radius 3 is 1.73 bits per heavy atom. The van der Waals surface area contributed by atoms with Crippen LogP contribution in [0.5, 0.6) is 0 Å². The van der Waals surface area contributed by atoms with Gasteiger partial charge in [0.2, 0.25) is 52.2 Å². The number of carboxylic acids is 1. The standard InChI is InChI=1S/C11H9FN2O2.C11H8N2O.C10H7N3O.C6H8N2O.2C6H9NO2.C5H4N2OS.C5H7NO2.C5H7NOS.C5H12O5P2.C3H5NO.C3H5O3P/c1-7(15)10(13-2)11(16)14-9-5-3-8(12)4-6-9;12-6-9(14)5-8-7-13-11-4-2-1-3-10(8)11;11-6-7(14)5-10-8-3-1-2-4-9(8)12-13-10;7-3-6(9)5-1-2-8-4-5;1-9-4-2-3-6(8)5-7;1-2-9-4-3-6(8)5-7;6-1-4(8)5-2-7-3-9-5;1-8-3-2-5(7)4-6;1-5(2,8)4(7)3-6;6-3(1-9-11)5(8)4(7)2-10-12;1-2-3(4)5;1-2(6-7)3(4)5/h3-6,15H,1H3,(H,14,16);1-4,7,13H,5H2;1-4H,5H2,(H,12,13);5,8H,1-2,4H2;2*2-4H2,1H3;2,5H,3H2;2-3H2,1H3;8H,1-2H3;3,5-6,8H,1-2,11-12H2;2H,1H2,(H2,4,5);1,7H2,(H,4,5)/b10-7-;;;;;;;;;;;. The number of aliphatic imine (C=N–C) groups is 1. The molecule has 0 saturated carbocycles. The molecule has 2 aliphatic heterocycles. The van der Waals surface area contributed by atoms with Crippen LogP contribution in [0, 0.1) is 109 Å². The Morgan fingerprint density at radius 1 is 0.767 bits per heavy atom. The van der Waals surface area contributed by atoms with Crippen molar-refractivity contribution in [1.29, 1.82) is 42.1 Å². The number of allylic oxidation sites excluding steroid dienone is 1. The predicted molar refractivity (Wildman–Crippen MR) is 447 cm³/mol. The maximum Gasteiger partial charge on any atom is 0.370 e. The molecule has 3 aromatic carbocycles. The van der Waals surface area contributed by atoms with Gasteiger partial charge in [-0.1, -0.05) is 43.0 Å². The fourth-order valence-electron chi connectivity index (χ4n) is 7.15. The summed E-state index contributed by atoms with van der Waals surface area (Å²) < 4.78 is 38.8. The summed E-state index contributed by atoms with van der Waals surface area (Å²) in [5.41, 5.74) is 7.89. The number of aliphatic hydroxyl groups excluding tert-OH is 3. The van der Waals surface area contributed by atoms with Crippen molar-refractivity contribution in [1.82, 2.24) is 20.5 Å². The number of rotatable bonds is 29. The monoisotopic (exact) mass is 1750 g/mol. The first-order valence-corrected chi connectivity index (χ1v) is 36.9. The van der Waals surface area contributed by atoms with Crippen LogP contribution in [-0.2, 0) is 98.2 Å². The maximum absolute atomic E-state index is 12.6. The topological polar surface area (TPSA) is 643 Å². The number of hydrogen-bond donors (Lipinski definition) is 10. The average Bonchev–Trinajstić information content (AvgIpc) is 1.69. The third-order valence-electron chi connectivity index (χ3n) is 13.2. The van der Waals surface area contributed by atoms with Crippen LogP contribution in [0.1, 0.15) is 71.1 Å². The number of primary amides is 1. The minimum Gasteiger partial charge on any atom is -0.523 e. The minimum atomic E-state index is -1.45. The number of methoxy groups -OCH3 is 2. The molecule has 7 atom stereocenters. The average molecular weight is 1760 g/mol. The first-order valence-electron chi connectivity index (χ1n) is 34.0. The molecular weight excluding hydrogens is 1660 g/mol. The van der Waals surface area contributed by atoms with Crippen LogP contribution in [0.25, 0.3) is 26.7 Å². The SMILES string of the molecule is C=C(OP)C(=O)O.C=CC(N)=O.CC(C)(S)C(=O)C#N.CCOCCC(=O)C#N.COCCC(=O)C#N.COCCCC(=O)C#N.N#CC(=O)C1C=NCS1.N#CC(=O)C1CCNC1.N#CC(=O)Cc1[nH]nc2ccccc12.N#CC(=O)Cc1c[nH]c2ccccc12.O=C(COP)C(O)C(O)COP.[C-]#[N+]/C(C(=O)Nc1ccc(F)cc1)=C(/C)O. The number of nitriles is 8. The number of aromatic nitrogens is 3. The molecule has 38 nitrogen and oxygen atoms in total. The molecule has 4 heterocycles. The number of Topliss-reactive ketones (excluding diaryl/α,β-unsaturated/α-hetero) is 9. The van der Waals surface area contributed by atoms with Crippen molar-refractivity contribution in [3.05, 3.63) is 144 Å². The van der Waals surface area contributed by atoms with Crippen molar-refractivity contribution in [2.75, 3.05) is 78.1 Å². The Bertz CT molecular complexity index is 4490. The quantitative estimate of drug-likeness (QED) is 0.00481. The number of anilines is 1. The molecule has 7 rings (SSSR count). The molecule has 5 aromatic rings. The van der Waals surface area contributed by atoms with E-state index in [2.05, 4.69) is 90.2 Å². The summed E-state index contributed by atoms with van der Waals surface area (Å²) in [5, 5.41) is 114. The van der Waals surface area contributed by atoms with E-state index in [1.807, 2.05) is 74.4 Å². The van der Waals surface area contributed by atoms with E-state index in [9.17, 15) is 61.9 Å². The summed E-state index contributed by atoms with van der Waals surface area (Å²) in [4.78, 5) is 135. The molecule has 10 N–H and O–H groups in total. The number of hydrogen-bond acceptors (Lipinski definition) is 34. The molecule has 2 aliphatic rings. The number of para-hydroxylation sites is 2. The zero-order valence-electron chi connectivity index (χ0n) is 65.8. The summed E-state index contributed by atoms with van der Waals surface area (Å²) in [6.45, 7) is 22.1. The number of thioether (sulfide) groups is 1. The Labute approximate surface area is 707 Å². The van der Waals surface area contributed by atoms with E-state index in [1.54, 1.807) is 60.9 Å². The number of nitrogens with zero attached hydrogens (tertiary/aromatic N) is 11. The lowest BCUT2D eigenvalue weighted by molar-refractivity contribution is -0.136. The third-order valence-corrected chi connectivity index (χ3v) is 15.0. The van der Waals surface area contributed by atoms with Gasteiger partial charge in [-0.15, -0.1) is 11.8 Å². The zero-order valence-corrected chi connectivity index (χ0v) is 71.0. The molecule has 1 fully saturated rings. The molecule has 2 amide bonds. The van der Waals surface area contributed by atoms with Crippen molar-refractivity contribution >= 4 is 156 Å². The summed E-state index contributed by atoms with van der Waals surface area (Å²) in [7, 11) is 8.63. The molecule has 1 saturated heterocycles. The third kappa shape index (κ3) is 59.3. The van der Waals surface area contributed by atoms with Gasteiger partial charge in [0.05, 0.1) is 64.1 Å². The number of H-pyrrole nitrogens is 2. The Hall–Kier alpha value is -12.4. The van der Waals surface area contributed by atoms with Crippen molar-refractivity contribution in [3.63, 3.8) is 0 Å². The Morgan fingerprint density at radius 2 is 1.30 bits per heavy atom. The second-order valence-corrected chi connectivity index (χ2v) is 25.8. The molecule has 0 spiro atoms. The number of aliphatic carboxylic acids is 1. The number of fused-ring (bicyclic) bond motifs is 2. The number of aromatic amines is 2. The van der Waals surface area contributed by atoms with Gasteiger partial charge in [0.15, 0.2) is 11.5 Å². The van der Waals surface area contributed by atoms with E-state index in [4.69, 9.17) is 73.8 Å². The van der Waals surface area contributed by atoms with Crippen molar-refractivity contribution in [2.45, 2.75) is 94.8 Å². The van der Waals surface area contributed by atoms with Gasteiger partial charge in [0, 0.05) is 119 Å². The number of ether oxygens (including phenoxy) is 3. The molecular formula is C76H90FN16O22P3S2. The Kier molecular flexibility index (Phi) is 70.7. The first kappa shape index (κ1) is 116. The summed E-state index contributed by atoms with van der Waals surface area (Å²) in [6.07, 6.45) is 4.16. The second kappa shape index (κ2) is 73.0. The number of halogens is 1. The summed E-state index contributed by atoms with van der Waals surface area (Å²) in [5.74, 6) is -6.65. The number of nitrogens with one attached hydrogen (secondary N) is 4. The second-order valence-electron chi connectivity index (χ2n) is 22.7. The normalized spacial score (nSPS) is 12.3.